The zero-order chi connectivity index (χ0) is 20.8. The van der Waals surface area contributed by atoms with Crippen molar-refractivity contribution in [1.29, 1.82) is 0 Å². The summed E-state index contributed by atoms with van der Waals surface area (Å²) in [5, 5.41) is 3.87. The summed E-state index contributed by atoms with van der Waals surface area (Å²) in [4.78, 5) is 27.8. The van der Waals surface area contributed by atoms with Gasteiger partial charge in [-0.25, -0.2) is 9.97 Å². The molecule has 0 aliphatic carbocycles. The number of amides is 1. The summed E-state index contributed by atoms with van der Waals surface area (Å²) in [5.74, 6) is 1.23. The van der Waals surface area contributed by atoms with E-state index >= 15 is 0 Å². The van der Waals surface area contributed by atoms with Crippen LogP contribution in [0.5, 0.6) is 5.75 Å². The van der Waals surface area contributed by atoms with E-state index in [0.717, 1.165) is 44.9 Å². The molecule has 3 N–H and O–H groups in total. The summed E-state index contributed by atoms with van der Waals surface area (Å²) in [6.07, 6.45) is 3.67. The molecule has 2 aromatic carbocycles. The van der Waals surface area contributed by atoms with Gasteiger partial charge in [0, 0.05) is 34.5 Å². The molecule has 31 heavy (non-hydrogen) atoms. The predicted octanol–water partition coefficient (Wildman–Crippen LogP) is 4.62. The number of nitrogens with one attached hydrogen (secondary N) is 3. The van der Waals surface area contributed by atoms with Gasteiger partial charge in [0.25, 0.3) is 5.91 Å². The average Bonchev–Trinajstić information content (AvgIpc) is 3.44. The topological polar surface area (TPSA) is 95.7 Å². The lowest BCUT2D eigenvalue weighted by molar-refractivity contribution is -0.118. The fourth-order valence-electron chi connectivity index (χ4n) is 3.91. The number of fused-ring (bicyclic) bond motifs is 2. The number of imidazole rings is 1. The Morgan fingerprint density at radius 1 is 0.968 bits per heavy atom. The molecule has 7 heteroatoms. The second kappa shape index (κ2) is 6.84. The van der Waals surface area contributed by atoms with Crippen molar-refractivity contribution in [3.8, 4) is 39.7 Å². The van der Waals surface area contributed by atoms with Crippen LogP contribution in [0.3, 0.4) is 0 Å². The quantitative estimate of drug-likeness (QED) is 0.407. The van der Waals surface area contributed by atoms with E-state index in [1.165, 1.54) is 0 Å². The van der Waals surface area contributed by atoms with Gasteiger partial charge in [0.2, 0.25) is 0 Å². The number of carbonyl (C=O) groups excluding carboxylic acids is 1. The Morgan fingerprint density at radius 3 is 2.77 bits per heavy atom. The van der Waals surface area contributed by atoms with Crippen LogP contribution in [0.2, 0.25) is 0 Å². The van der Waals surface area contributed by atoms with Gasteiger partial charge in [-0.2, -0.15) is 0 Å². The van der Waals surface area contributed by atoms with Crippen molar-refractivity contribution in [1.82, 2.24) is 19.9 Å². The largest absolute Gasteiger partial charge is 0.482 e. The van der Waals surface area contributed by atoms with Gasteiger partial charge in [0.15, 0.2) is 6.61 Å². The molecule has 5 aromatic rings. The minimum atomic E-state index is -0.165. The number of hydrogen-bond donors (Lipinski definition) is 3. The molecular formula is C24H17N5O2. The SMILES string of the molecule is O=C1COc2ccc(-c3nc(-c4c[nH]c5ncccc45)[nH]c3-c3ccccc3)cc2N1. The summed E-state index contributed by atoms with van der Waals surface area (Å²) in [5.41, 5.74) is 6.00. The number of aromatic nitrogens is 4. The lowest BCUT2D eigenvalue weighted by Crippen LogP contribution is -2.25. The molecule has 150 valence electrons. The standard InChI is InChI=1S/C24H17N5O2/c30-20-13-31-19-9-8-15(11-18(19)27-20)22-21(14-5-2-1-3-6-14)28-24(29-22)17-12-26-23-16(17)7-4-10-25-23/h1-12H,13H2,(H,25,26)(H,27,30)(H,28,29). The van der Waals surface area contributed by atoms with Crippen molar-refractivity contribution >= 4 is 22.6 Å². The lowest BCUT2D eigenvalue weighted by Gasteiger charge is -2.18. The highest BCUT2D eigenvalue weighted by Gasteiger charge is 2.21. The molecule has 3 aromatic heterocycles. The summed E-state index contributed by atoms with van der Waals surface area (Å²) in [6.45, 7) is 0.0305. The molecule has 0 unspecified atom stereocenters. The van der Waals surface area contributed by atoms with Gasteiger partial charge < -0.3 is 20.0 Å². The maximum atomic E-state index is 11.8. The number of ether oxygens (including phenoxy) is 1. The molecular weight excluding hydrogens is 390 g/mol. The molecule has 7 nitrogen and oxygen atoms in total. The first-order chi connectivity index (χ1) is 15.3. The van der Waals surface area contributed by atoms with Crippen LogP contribution in [-0.2, 0) is 4.79 Å². The van der Waals surface area contributed by atoms with Crippen LogP contribution in [0.1, 0.15) is 0 Å². The van der Waals surface area contributed by atoms with E-state index in [-0.39, 0.29) is 12.5 Å². The Hall–Kier alpha value is -4.39. The van der Waals surface area contributed by atoms with Crippen LogP contribution in [0.4, 0.5) is 5.69 Å². The molecule has 0 saturated carbocycles. The van der Waals surface area contributed by atoms with Crippen molar-refractivity contribution in [3.63, 3.8) is 0 Å². The first-order valence-corrected chi connectivity index (χ1v) is 9.91. The maximum absolute atomic E-state index is 11.8. The number of benzene rings is 2. The number of anilines is 1. The highest BCUT2D eigenvalue weighted by molar-refractivity contribution is 5.97. The van der Waals surface area contributed by atoms with Gasteiger partial charge >= 0.3 is 0 Å². The summed E-state index contributed by atoms with van der Waals surface area (Å²) < 4.78 is 5.50. The third-order valence-electron chi connectivity index (χ3n) is 5.36. The highest BCUT2D eigenvalue weighted by Crippen LogP contribution is 2.38. The van der Waals surface area contributed by atoms with E-state index in [4.69, 9.17) is 9.72 Å². The zero-order valence-corrected chi connectivity index (χ0v) is 16.3. The van der Waals surface area contributed by atoms with Crippen molar-refractivity contribution in [2.75, 3.05) is 11.9 Å². The number of nitrogens with zero attached hydrogens (tertiary/aromatic N) is 2. The Morgan fingerprint density at radius 2 is 1.87 bits per heavy atom. The van der Waals surface area contributed by atoms with Crippen LogP contribution < -0.4 is 10.1 Å². The average molecular weight is 407 g/mol. The molecule has 0 fully saturated rings. The summed E-state index contributed by atoms with van der Waals surface area (Å²) >= 11 is 0. The van der Waals surface area contributed by atoms with Crippen LogP contribution in [-0.4, -0.2) is 32.4 Å². The third-order valence-corrected chi connectivity index (χ3v) is 5.36. The smallest absolute Gasteiger partial charge is 0.262 e. The number of H-pyrrole nitrogens is 2. The first kappa shape index (κ1) is 17.5. The Bertz CT molecular complexity index is 1440. The van der Waals surface area contributed by atoms with Gasteiger partial charge in [-0.1, -0.05) is 30.3 Å². The number of pyridine rings is 1. The van der Waals surface area contributed by atoms with E-state index in [2.05, 4.69) is 20.3 Å². The summed E-state index contributed by atoms with van der Waals surface area (Å²) in [7, 11) is 0. The van der Waals surface area contributed by atoms with E-state index < -0.39 is 0 Å². The Balaban J connectivity index is 1.54. The van der Waals surface area contributed by atoms with Crippen molar-refractivity contribution in [3.05, 3.63) is 73.1 Å². The van der Waals surface area contributed by atoms with Gasteiger partial charge in [0.1, 0.15) is 17.2 Å². The van der Waals surface area contributed by atoms with Gasteiger partial charge in [0.05, 0.1) is 17.1 Å². The first-order valence-electron chi connectivity index (χ1n) is 9.91. The van der Waals surface area contributed by atoms with Gasteiger partial charge in [-0.15, -0.1) is 0 Å². The second-order valence-electron chi connectivity index (χ2n) is 7.32. The minimum Gasteiger partial charge on any atom is -0.482 e. The molecule has 0 spiro atoms. The summed E-state index contributed by atoms with van der Waals surface area (Å²) in [6, 6.07) is 19.7. The lowest BCUT2D eigenvalue weighted by atomic mass is 10.0. The third kappa shape index (κ3) is 2.95. The number of aromatic amines is 2. The monoisotopic (exact) mass is 407 g/mol. The minimum absolute atomic E-state index is 0.0305. The van der Waals surface area contributed by atoms with Gasteiger partial charge in [-0.05, 0) is 30.3 Å². The van der Waals surface area contributed by atoms with Crippen molar-refractivity contribution < 1.29 is 9.53 Å². The Labute approximate surface area is 177 Å². The van der Waals surface area contributed by atoms with Crippen LogP contribution >= 0.6 is 0 Å². The molecule has 1 amide bonds. The van der Waals surface area contributed by atoms with Crippen LogP contribution in [0, 0.1) is 0 Å². The molecule has 0 saturated heterocycles. The van der Waals surface area contributed by atoms with E-state index in [9.17, 15) is 4.79 Å². The second-order valence-corrected chi connectivity index (χ2v) is 7.32. The number of hydrogen-bond acceptors (Lipinski definition) is 4. The van der Waals surface area contributed by atoms with Gasteiger partial charge in [-0.3, -0.25) is 4.79 Å². The number of rotatable bonds is 3. The molecule has 1 aliphatic heterocycles. The van der Waals surface area contributed by atoms with E-state index in [1.807, 2.05) is 66.9 Å². The van der Waals surface area contributed by atoms with Crippen LogP contribution in [0.25, 0.3) is 44.9 Å². The molecule has 6 rings (SSSR count). The van der Waals surface area contributed by atoms with Crippen molar-refractivity contribution in [2.24, 2.45) is 0 Å². The van der Waals surface area contributed by atoms with E-state index in [0.29, 0.717) is 11.4 Å². The fourth-order valence-corrected chi connectivity index (χ4v) is 3.91. The molecule has 0 bridgehead atoms. The Kier molecular flexibility index (Phi) is 3.86. The van der Waals surface area contributed by atoms with E-state index in [1.54, 1.807) is 6.20 Å². The van der Waals surface area contributed by atoms with Crippen molar-refractivity contribution in [2.45, 2.75) is 0 Å². The zero-order valence-electron chi connectivity index (χ0n) is 16.3. The fraction of sp³-hybridized carbons (Fsp3) is 0.0417. The maximum Gasteiger partial charge on any atom is 0.262 e. The number of carbonyl (C=O) groups is 1. The highest BCUT2D eigenvalue weighted by atomic mass is 16.5. The predicted molar refractivity (Wildman–Crippen MR) is 119 cm³/mol. The molecule has 1 aliphatic rings. The molecule has 0 atom stereocenters. The molecule has 0 radical (unpaired) electrons. The molecule has 4 heterocycles. The van der Waals surface area contributed by atoms with Crippen LogP contribution in [0.15, 0.2) is 73.1 Å². The normalized spacial score (nSPS) is 13.0.